The summed E-state index contributed by atoms with van der Waals surface area (Å²) in [5.74, 6) is 0. The molecule has 0 saturated carbocycles. The first-order valence-corrected chi connectivity index (χ1v) is 1.98. The maximum absolute atomic E-state index is 9.68. The topological polar surface area (TPSA) is 59.8 Å². The minimum atomic E-state index is 0.545. The highest BCUT2D eigenvalue weighted by atomic mass is 16.1. The maximum Gasteiger partial charge on any atom is 0.226 e. The SMILES string of the molecule is O=CNn1cnnc1. The molecule has 1 aromatic rings. The van der Waals surface area contributed by atoms with E-state index >= 15 is 0 Å². The molecule has 0 aliphatic heterocycles. The number of rotatable bonds is 2. The van der Waals surface area contributed by atoms with Gasteiger partial charge in [-0.05, 0) is 0 Å². The molecule has 0 radical (unpaired) electrons. The molecular weight excluding hydrogens is 108 g/mol. The van der Waals surface area contributed by atoms with Gasteiger partial charge in [-0.25, -0.2) is 4.68 Å². The van der Waals surface area contributed by atoms with E-state index in [1.807, 2.05) is 0 Å². The fourth-order valence-corrected chi connectivity index (χ4v) is 0.328. The molecule has 0 unspecified atom stereocenters. The lowest BCUT2D eigenvalue weighted by Gasteiger charge is -1.90. The smallest absolute Gasteiger partial charge is 0.226 e. The molecule has 0 aliphatic carbocycles. The summed E-state index contributed by atoms with van der Waals surface area (Å²) in [5, 5.41) is 6.86. The monoisotopic (exact) mass is 112 g/mol. The van der Waals surface area contributed by atoms with E-state index in [0.29, 0.717) is 6.41 Å². The Morgan fingerprint density at radius 3 is 2.62 bits per heavy atom. The molecule has 42 valence electrons. The lowest BCUT2D eigenvalue weighted by molar-refractivity contribution is -0.106. The molecule has 8 heavy (non-hydrogen) atoms. The molecule has 1 amide bonds. The second-order valence-corrected chi connectivity index (χ2v) is 1.12. The summed E-state index contributed by atoms with van der Waals surface area (Å²) in [4.78, 5) is 9.68. The molecule has 0 spiro atoms. The van der Waals surface area contributed by atoms with Crippen LogP contribution in [0.4, 0.5) is 0 Å². The Hall–Kier alpha value is -1.39. The highest BCUT2D eigenvalue weighted by Crippen LogP contribution is 1.69. The molecule has 0 atom stereocenters. The van der Waals surface area contributed by atoms with Crippen LogP contribution in [-0.2, 0) is 4.79 Å². The standard InChI is InChI=1S/C3H4N4O/c8-3-6-7-1-4-5-2-7/h1-3H,(H,6,8). The summed E-state index contributed by atoms with van der Waals surface area (Å²) in [6.45, 7) is 0. The molecule has 5 nitrogen and oxygen atoms in total. The van der Waals surface area contributed by atoms with E-state index in [1.165, 1.54) is 17.3 Å². The van der Waals surface area contributed by atoms with Crippen molar-refractivity contribution in [2.75, 3.05) is 5.43 Å². The molecule has 1 N–H and O–H groups in total. The fourth-order valence-electron chi connectivity index (χ4n) is 0.328. The van der Waals surface area contributed by atoms with Crippen molar-refractivity contribution >= 4 is 6.41 Å². The third-order valence-corrected chi connectivity index (χ3v) is 0.621. The quantitative estimate of drug-likeness (QED) is 0.498. The summed E-state index contributed by atoms with van der Waals surface area (Å²) in [5.41, 5.74) is 2.30. The number of nitrogens with one attached hydrogen (secondary N) is 1. The molecule has 0 bridgehead atoms. The molecule has 5 heteroatoms. The predicted octanol–water partition coefficient (Wildman–Crippen LogP) is -1.02. The summed E-state index contributed by atoms with van der Waals surface area (Å²) >= 11 is 0. The summed E-state index contributed by atoms with van der Waals surface area (Å²) in [7, 11) is 0. The number of carbonyl (C=O) groups excluding carboxylic acids is 1. The van der Waals surface area contributed by atoms with Gasteiger partial charge in [0.1, 0.15) is 12.7 Å². The normalized spacial score (nSPS) is 8.50. The van der Waals surface area contributed by atoms with Crippen molar-refractivity contribution in [3.05, 3.63) is 12.7 Å². The zero-order chi connectivity index (χ0) is 5.82. The number of hydrogen-bond acceptors (Lipinski definition) is 3. The number of hydrogen-bond donors (Lipinski definition) is 1. The van der Waals surface area contributed by atoms with Gasteiger partial charge in [-0.2, -0.15) is 0 Å². The number of carbonyl (C=O) groups is 1. The van der Waals surface area contributed by atoms with Crippen LogP contribution in [0.2, 0.25) is 0 Å². The second-order valence-electron chi connectivity index (χ2n) is 1.12. The second kappa shape index (κ2) is 2.06. The van der Waals surface area contributed by atoms with Crippen molar-refractivity contribution < 1.29 is 4.79 Å². The van der Waals surface area contributed by atoms with E-state index in [-0.39, 0.29) is 0 Å². The summed E-state index contributed by atoms with van der Waals surface area (Å²) < 4.78 is 1.34. The first-order valence-electron chi connectivity index (χ1n) is 1.98. The van der Waals surface area contributed by atoms with Crippen LogP contribution < -0.4 is 5.43 Å². The minimum Gasteiger partial charge on any atom is -0.277 e. The van der Waals surface area contributed by atoms with Gasteiger partial charge in [-0.3, -0.25) is 10.2 Å². The van der Waals surface area contributed by atoms with Crippen LogP contribution in [0.3, 0.4) is 0 Å². The molecule has 0 fully saturated rings. The molecule has 0 saturated heterocycles. The van der Waals surface area contributed by atoms with Gasteiger partial charge in [0, 0.05) is 0 Å². The van der Waals surface area contributed by atoms with Crippen LogP contribution in [0.25, 0.3) is 0 Å². The number of amides is 1. The van der Waals surface area contributed by atoms with E-state index in [4.69, 9.17) is 0 Å². The molecular formula is C3H4N4O. The van der Waals surface area contributed by atoms with Gasteiger partial charge in [0.15, 0.2) is 0 Å². The van der Waals surface area contributed by atoms with Crippen LogP contribution in [-0.4, -0.2) is 21.3 Å². The zero-order valence-electron chi connectivity index (χ0n) is 3.98. The maximum atomic E-state index is 9.68. The van der Waals surface area contributed by atoms with E-state index in [2.05, 4.69) is 15.6 Å². The van der Waals surface area contributed by atoms with Crippen LogP contribution in [0, 0.1) is 0 Å². The summed E-state index contributed by atoms with van der Waals surface area (Å²) in [6.07, 6.45) is 3.31. The molecule has 1 heterocycles. The lowest BCUT2D eigenvalue weighted by atomic mass is 11.2. The van der Waals surface area contributed by atoms with Gasteiger partial charge >= 0.3 is 0 Å². The Bertz CT molecular complexity index is 158. The third-order valence-electron chi connectivity index (χ3n) is 0.621. The van der Waals surface area contributed by atoms with Gasteiger partial charge in [0.05, 0.1) is 0 Å². The van der Waals surface area contributed by atoms with Crippen molar-refractivity contribution in [1.29, 1.82) is 0 Å². The molecule has 0 aromatic carbocycles. The van der Waals surface area contributed by atoms with Crippen LogP contribution in [0.1, 0.15) is 0 Å². The van der Waals surface area contributed by atoms with E-state index in [1.54, 1.807) is 0 Å². The first kappa shape index (κ1) is 4.76. The molecule has 0 aliphatic rings. The van der Waals surface area contributed by atoms with E-state index in [0.717, 1.165) is 0 Å². The van der Waals surface area contributed by atoms with Crippen molar-refractivity contribution in [1.82, 2.24) is 14.9 Å². The minimum absolute atomic E-state index is 0.545. The van der Waals surface area contributed by atoms with E-state index < -0.39 is 0 Å². The predicted molar refractivity (Wildman–Crippen MR) is 25.4 cm³/mol. The van der Waals surface area contributed by atoms with Gasteiger partial charge in [0.25, 0.3) is 0 Å². The van der Waals surface area contributed by atoms with Gasteiger partial charge in [0.2, 0.25) is 6.41 Å². The van der Waals surface area contributed by atoms with Crippen molar-refractivity contribution in [3.8, 4) is 0 Å². The van der Waals surface area contributed by atoms with Gasteiger partial charge < -0.3 is 0 Å². The molecule has 1 aromatic heterocycles. The Morgan fingerprint density at radius 2 is 2.12 bits per heavy atom. The van der Waals surface area contributed by atoms with Crippen molar-refractivity contribution in [2.24, 2.45) is 0 Å². The van der Waals surface area contributed by atoms with E-state index in [9.17, 15) is 4.79 Å². The highest BCUT2D eigenvalue weighted by molar-refractivity contribution is 5.56. The molecule has 1 rings (SSSR count). The zero-order valence-corrected chi connectivity index (χ0v) is 3.98. The first-order chi connectivity index (χ1) is 3.93. The Kier molecular flexibility index (Phi) is 1.23. The average Bonchev–Trinajstić information content (AvgIpc) is 2.19. The van der Waals surface area contributed by atoms with Crippen LogP contribution >= 0.6 is 0 Å². The third kappa shape index (κ3) is 0.810. The Morgan fingerprint density at radius 1 is 1.50 bits per heavy atom. The van der Waals surface area contributed by atoms with Gasteiger partial charge in [-0.1, -0.05) is 0 Å². The average molecular weight is 112 g/mol. The highest BCUT2D eigenvalue weighted by Gasteiger charge is 1.80. The van der Waals surface area contributed by atoms with Crippen LogP contribution in [0.15, 0.2) is 12.7 Å². The largest absolute Gasteiger partial charge is 0.277 e. The Balaban J connectivity index is 2.62. The summed E-state index contributed by atoms with van der Waals surface area (Å²) in [6, 6.07) is 0. The number of aromatic nitrogens is 3. The van der Waals surface area contributed by atoms with Crippen molar-refractivity contribution in [2.45, 2.75) is 0 Å². The lowest BCUT2D eigenvalue weighted by Crippen LogP contribution is -2.08. The Labute approximate surface area is 45.3 Å². The fraction of sp³-hybridized carbons (Fsp3) is 0. The van der Waals surface area contributed by atoms with Gasteiger partial charge in [-0.15, -0.1) is 10.2 Å². The van der Waals surface area contributed by atoms with Crippen LogP contribution in [0.5, 0.6) is 0 Å². The number of nitrogens with zero attached hydrogens (tertiary/aromatic N) is 3. The van der Waals surface area contributed by atoms with Crippen molar-refractivity contribution in [3.63, 3.8) is 0 Å².